The van der Waals surface area contributed by atoms with E-state index in [-0.39, 0.29) is 12.0 Å². The summed E-state index contributed by atoms with van der Waals surface area (Å²) in [5, 5.41) is 10.9. The van der Waals surface area contributed by atoms with Crippen molar-refractivity contribution < 1.29 is 5.11 Å². The molecule has 2 aromatic heterocycles. The maximum absolute atomic E-state index is 10.9. The number of nitrogens with zero attached hydrogens (tertiary/aromatic N) is 3. The maximum Gasteiger partial charge on any atom is 0.0956 e. The lowest BCUT2D eigenvalue weighted by atomic mass is 9.88. The Morgan fingerprint density at radius 2 is 2.04 bits per heavy atom. The third-order valence-electron chi connectivity index (χ3n) is 5.27. The van der Waals surface area contributed by atoms with E-state index in [0.29, 0.717) is 0 Å². The molecule has 3 heterocycles. The van der Waals surface area contributed by atoms with Gasteiger partial charge >= 0.3 is 0 Å². The highest BCUT2D eigenvalue weighted by Crippen LogP contribution is 2.50. The van der Waals surface area contributed by atoms with Crippen molar-refractivity contribution in [1.82, 2.24) is 14.5 Å². The third-order valence-corrected chi connectivity index (χ3v) is 5.27. The van der Waals surface area contributed by atoms with E-state index >= 15 is 0 Å². The van der Waals surface area contributed by atoms with E-state index in [1.165, 1.54) is 16.7 Å². The number of pyridine rings is 1. The summed E-state index contributed by atoms with van der Waals surface area (Å²) in [4.78, 5) is 8.68. The molecular formula is C19H17N3O. The van der Waals surface area contributed by atoms with Gasteiger partial charge in [-0.25, -0.2) is 4.98 Å². The molecule has 0 bridgehead atoms. The molecule has 2 aliphatic rings. The molecular weight excluding hydrogens is 286 g/mol. The van der Waals surface area contributed by atoms with Crippen LogP contribution in [0.2, 0.25) is 0 Å². The molecule has 5 rings (SSSR count). The molecule has 3 atom stereocenters. The molecule has 0 saturated heterocycles. The summed E-state index contributed by atoms with van der Waals surface area (Å²) < 4.78 is 2.21. The average Bonchev–Trinajstić information content (AvgIpc) is 3.21. The molecule has 0 amide bonds. The number of hydrogen-bond donors (Lipinski definition) is 1. The summed E-state index contributed by atoms with van der Waals surface area (Å²) >= 11 is 0. The van der Waals surface area contributed by atoms with Crippen molar-refractivity contribution in [2.24, 2.45) is 5.92 Å². The van der Waals surface area contributed by atoms with Crippen LogP contribution in [0.25, 0.3) is 11.3 Å². The van der Waals surface area contributed by atoms with Gasteiger partial charge in [0.05, 0.1) is 30.4 Å². The van der Waals surface area contributed by atoms with Gasteiger partial charge in [0.2, 0.25) is 0 Å². The molecule has 0 radical (unpaired) electrons. The zero-order valence-electron chi connectivity index (χ0n) is 12.8. The van der Waals surface area contributed by atoms with Gasteiger partial charge in [-0.1, -0.05) is 24.3 Å². The average molecular weight is 303 g/mol. The number of rotatable bonds is 1. The molecule has 0 saturated carbocycles. The van der Waals surface area contributed by atoms with Crippen LogP contribution in [0.15, 0.2) is 49.1 Å². The van der Waals surface area contributed by atoms with Crippen LogP contribution in [0, 0.1) is 12.8 Å². The number of aliphatic hydroxyl groups excluding tert-OH is 1. The summed E-state index contributed by atoms with van der Waals surface area (Å²) in [6.07, 6.45) is 6.03. The lowest BCUT2D eigenvalue weighted by Crippen LogP contribution is -2.21. The number of fused-ring (bicyclic) bond motifs is 4. The van der Waals surface area contributed by atoms with Gasteiger partial charge in [-0.05, 0) is 30.5 Å². The maximum atomic E-state index is 10.9. The first-order valence-corrected chi connectivity index (χ1v) is 7.98. The Morgan fingerprint density at radius 3 is 2.96 bits per heavy atom. The van der Waals surface area contributed by atoms with Crippen molar-refractivity contribution in [1.29, 1.82) is 0 Å². The van der Waals surface area contributed by atoms with Gasteiger partial charge in [-0.15, -0.1) is 0 Å². The van der Waals surface area contributed by atoms with Crippen LogP contribution in [0.5, 0.6) is 0 Å². The molecule has 0 fully saturated rings. The van der Waals surface area contributed by atoms with Gasteiger partial charge in [0.15, 0.2) is 0 Å². The fraction of sp³-hybridized carbons (Fsp3) is 0.263. The number of aryl methyl sites for hydroxylation is 1. The lowest BCUT2D eigenvalue weighted by Gasteiger charge is -2.25. The molecule has 23 heavy (non-hydrogen) atoms. The van der Waals surface area contributed by atoms with Crippen molar-refractivity contribution in [3.63, 3.8) is 0 Å². The van der Waals surface area contributed by atoms with Gasteiger partial charge < -0.3 is 9.67 Å². The second-order valence-corrected chi connectivity index (χ2v) is 6.56. The number of aromatic nitrogens is 3. The highest BCUT2D eigenvalue weighted by molar-refractivity contribution is 5.69. The molecule has 4 nitrogen and oxygen atoms in total. The minimum absolute atomic E-state index is 0.116. The van der Waals surface area contributed by atoms with E-state index in [4.69, 9.17) is 0 Å². The summed E-state index contributed by atoms with van der Waals surface area (Å²) in [6.45, 7) is 2.00. The van der Waals surface area contributed by atoms with E-state index in [1.807, 2.05) is 25.6 Å². The molecule has 3 aromatic rings. The second kappa shape index (κ2) is 4.52. The predicted octanol–water partition coefficient (Wildman–Crippen LogP) is 3.06. The molecule has 0 spiro atoms. The summed E-state index contributed by atoms with van der Waals surface area (Å²) in [5.74, 6) is 0.116. The number of benzene rings is 1. The van der Waals surface area contributed by atoms with Crippen LogP contribution in [-0.2, 0) is 6.42 Å². The molecule has 1 aromatic carbocycles. The largest absolute Gasteiger partial charge is 0.388 e. The standard InChI is InChI=1S/C19H17N3O/c1-11-6-12-7-15(19(23)16(12)8-21-11)18-14-5-3-2-4-13(14)17-9-20-10-22(17)18/h2-6,8-10,15,18-19,23H,7H2,1H3/t15?,18-,19?/m0/s1. The van der Waals surface area contributed by atoms with Crippen LogP contribution in [0.4, 0.5) is 0 Å². The quantitative estimate of drug-likeness (QED) is 0.751. The monoisotopic (exact) mass is 303 g/mol. The van der Waals surface area contributed by atoms with Gasteiger partial charge in [0, 0.05) is 28.9 Å². The second-order valence-electron chi connectivity index (χ2n) is 6.56. The highest BCUT2D eigenvalue weighted by Gasteiger charge is 2.42. The fourth-order valence-corrected chi connectivity index (χ4v) is 4.26. The van der Waals surface area contributed by atoms with Crippen LogP contribution in [0.1, 0.15) is 34.5 Å². The van der Waals surface area contributed by atoms with Gasteiger partial charge in [0.1, 0.15) is 0 Å². The summed E-state index contributed by atoms with van der Waals surface area (Å²) in [5.41, 5.74) is 6.86. The molecule has 2 unspecified atom stereocenters. The van der Waals surface area contributed by atoms with E-state index in [1.54, 1.807) is 0 Å². The minimum Gasteiger partial charge on any atom is -0.388 e. The van der Waals surface area contributed by atoms with E-state index in [2.05, 4.69) is 44.9 Å². The van der Waals surface area contributed by atoms with E-state index in [0.717, 1.165) is 23.4 Å². The zero-order valence-corrected chi connectivity index (χ0v) is 12.8. The van der Waals surface area contributed by atoms with Gasteiger partial charge in [-0.3, -0.25) is 4.98 Å². The fourth-order valence-electron chi connectivity index (χ4n) is 4.26. The van der Waals surface area contributed by atoms with Crippen molar-refractivity contribution in [2.75, 3.05) is 0 Å². The highest BCUT2D eigenvalue weighted by atomic mass is 16.3. The Morgan fingerprint density at radius 1 is 1.17 bits per heavy atom. The zero-order chi connectivity index (χ0) is 15.6. The molecule has 114 valence electrons. The van der Waals surface area contributed by atoms with Crippen molar-refractivity contribution in [2.45, 2.75) is 25.5 Å². The molecule has 1 aliphatic carbocycles. The lowest BCUT2D eigenvalue weighted by molar-refractivity contribution is 0.101. The normalized spacial score (nSPS) is 24.3. The first kappa shape index (κ1) is 13.0. The predicted molar refractivity (Wildman–Crippen MR) is 86.9 cm³/mol. The Kier molecular flexibility index (Phi) is 2.56. The van der Waals surface area contributed by atoms with Crippen LogP contribution < -0.4 is 0 Å². The first-order valence-electron chi connectivity index (χ1n) is 7.98. The third kappa shape index (κ3) is 1.70. The van der Waals surface area contributed by atoms with Crippen LogP contribution in [-0.4, -0.2) is 19.6 Å². The Labute approximate surface area is 134 Å². The van der Waals surface area contributed by atoms with E-state index in [9.17, 15) is 5.11 Å². The SMILES string of the molecule is Cc1cc2c(cn1)C(O)C([C@@H]1c3ccccc3-c3cncn31)C2. The molecule has 4 heteroatoms. The van der Waals surface area contributed by atoms with Gasteiger partial charge in [0.25, 0.3) is 0 Å². The smallest absolute Gasteiger partial charge is 0.0956 e. The number of aliphatic hydroxyl groups is 1. The van der Waals surface area contributed by atoms with Crippen LogP contribution >= 0.6 is 0 Å². The van der Waals surface area contributed by atoms with Crippen LogP contribution in [0.3, 0.4) is 0 Å². The topological polar surface area (TPSA) is 50.9 Å². The Hall–Kier alpha value is -2.46. The molecule has 1 aliphatic heterocycles. The molecule has 1 N–H and O–H groups in total. The first-order chi connectivity index (χ1) is 11.2. The Bertz CT molecular complexity index is 914. The van der Waals surface area contributed by atoms with E-state index < -0.39 is 6.10 Å². The van der Waals surface area contributed by atoms with Crippen molar-refractivity contribution in [3.8, 4) is 11.3 Å². The van der Waals surface area contributed by atoms with Gasteiger partial charge in [-0.2, -0.15) is 0 Å². The number of hydrogen-bond acceptors (Lipinski definition) is 3. The number of imidazole rings is 1. The summed E-state index contributed by atoms with van der Waals surface area (Å²) in [7, 11) is 0. The van der Waals surface area contributed by atoms with Crippen molar-refractivity contribution >= 4 is 0 Å². The minimum atomic E-state index is -0.482. The summed E-state index contributed by atoms with van der Waals surface area (Å²) in [6, 6.07) is 10.7. The van der Waals surface area contributed by atoms with Crippen molar-refractivity contribution in [3.05, 3.63) is 71.4 Å². The Balaban J connectivity index is 1.64.